The Morgan fingerprint density at radius 1 is 1.08 bits per heavy atom. The summed E-state index contributed by atoms with van der Waals surface area (Å²) in [6.07, 6.45) is 1.53. The summed E-state index contributed by atoms with van der Waals surface area (Å²) in [4.78, 5) is 4.37. The number of hydrogen-bond donors (Lipinski definition) is 1. The molecule has 0 aliphatic rings. The molecule has 0 unspecified atom stereocenters. The molecule has 0 amide bonds. The van der Waals surface area contributed by atoms with Crippen LogP contribution < -0.4 is 4.72 Å². The highest BCUT2D eigenvalue weighted by Crippen LogP contribution is 2.26. The van der Waals surface area contributed by atoms with Crippen LogP contribution in [0.4, 0.5) is 5.69 Å². The molecule has 0 saturated heterocycles. The maximum Gasteiger partial charge on any atom is 0.261 e. The van der Waals surface area contributed by atoms with E-state index < -0.39 is 10.0 Å². The van der Waals surface area contributed by atoms with Crippen LogP contribution in [0.15, 0.2) is 58.0 Å². The zero-order valence-electron chi connectivity index (χ0n) is 13.1. The van der Waals surface area contributed by atoms with Gasteiger partial charge in [-0.05, 0) is 36.8 Å². The lowest BCUT2D eigenvalue weighted by Gasteiger charge is -2.11. The van der Waals surface area contributed by atoms with Crippen LogP contribution in [0.1, 0.15) is 11.5 Å². The fourth-order valence-corrected chi connectivity index (χ4v) is 3.52. The first-order valence-corrected chi connectivity index (χ1v) is 9.03. The number of hydrogen-bond acceptors (Lipinski definition) is 4. The van der Waals surface area contributed by atoms with Gasteiger partial charge in [0, 0.05) is 17.5 Å². The minimum Gasteiger partial charge on any atom is -0.449 e. The molecule has 1 aromatic heterocycles. The number of rotatable bonds is 4. The summed E-state index contributed by atoms with van der Waals surface area (Å²) in [6.45, 7) is 3.51. The summed E-state index contributed by atoms with van der Waals surface area (Å²) >= 11 is 6.03. The molecule has 24 heavy (non-hydrogen) atoms. The standard InChI is InChI=1S/C17H15ClN2O3S/c1-11-15(18)4-3-5-16(11)20-24(21,22)14-8-6-13(7-9-14)17-10-23-12(2)19-17/h3-10,20H,1-2H3. The van der Waals surface area contributed by atoms with E-state index in [0.717, 1.165) is 5.56 Å². The largest absolute Gasteiger partial charge is 0.449 e. The molecule has 3 rings (SSSR count). The molecule has 0 saturated carbocycles. The van der Waals surface area contributed by atoms with Crippen molar-refractivity contribution in [3.63, 3.8) is 0 Å². The molecule has 0 aliphatic heterocycles. The summed E-state index contributed by atoms with van der Waals surface area (Å²) in [6, 6.07) is 11.5. The Hall–Kier alpha value is -2.31. The van der Waals surface area contributed by atoms with Crippen LogP contribution >= 0.6 is 11.6 Å². The molecule has 0 spiro atoms. The Morgan fingerprint density at radius 3 is 2.42 bits per heavy atom. The molecule has 7 heteroatoms. The van der Waals surface area contributed by atoms with E-state index in [1.807, 2.05) is 0 Å². The molecule has 0 aliphatic carbocycles. The van der Waals surface area contributed by atoms with Crippen LogP contribution in [0.5, 0.6) is 0 Å². The molecule has 2 aromatic carbocycles. The van der Waals surface area contributed by atoms with Crippen LogP contribution in [-0.2, 0) is 10.0 Å². The van der Waals surface area contributed by atoms with Gasteiger partial charge < -0.3 is 4.42 Å². The van der Waals surface area contributed by atoms with Crippen LogP contribution in [0.3, 0.4) is 0 Å². The number of nitrogens with one attached hydrogen (secondary N) is 1. The number of halogens is 1. The maximum atomic E-state index is 12.5. The van der Waals surface area contributed by atoms with E-state index in [0.29, 0.717) is 27.9 Å². The molecule has 0 atom stereocenters. The third kappa shape index (κ3) is 3.29. The average Bonchev–Trinajstić information content (AvgIpc) is 2.98. The quantitative estimate of drug-likeness (QED) is 0.746. The second-order valence-electron chi connectivity index (χ2n) is 5.29. The van der Waals surface area contributed by atoms with Crippen molar-refractivity contribution in [2.24, 2.45) is 0 Å². The summed E-state index contributed by atoms with van der Waals surface area (Å²) in [5, 5.41) is 0.506. The summed E-state index contributed by atoms with van der Waals surface area (Å²) in [7, 11) is -3.70. The lowest BCUT2D eigenvalue weighted by atomic mass is 10.2. The van der Waals surface area contributed by atoms with Gasteiger partial charge in [0.15, 0.2) is 5.89 Å². The predicted molar refractivity (Wildman–Crippen MR) is 93.7 cm³/mol. The third-order valence-corrected chi connectivity index (χ3v) is 5.38. The first-order chi connectivity index (χ1) is 11.4. The molecule has 0 radical (unpaired) electrons. The zero-order chi connectivity index (χ0) is 17.3. The number of sulfonamides is 1. The smallest absolute Gasteiger partial charge is 0.261 e. The summed E-state index contributed by atoms with van der Waals surface area (Å²) in [5.41, 5.74) is 2.58. The van der Waals surface area contributed by atoms with E-state index >= 15 is 0 Å². The van der Waals surface area contributed by atoms with Gasteiger partial charge in [0.25, 0.3) is 10.0 Å². The fourth-order valence-electron chi connectivity index (χ4n) is 2.22. The molecule has 3 aromatic rings. The highest BCUT2D eigenvalue weighted by atomic mass is 35.5. The number of anilines is 1. The second kappa shape index (κ2) is 6.30. The molecule has 1 heterocycles. The van der Waals surface area contributed by atoms with Gasteiger partial charge in [-0.1, -0.05) is 29.8 Å². The first-order valence-electron chi connectivity index (χ1n) is 7.17. The number of oxazole rings is 1. The summed E-state index contributed by atoms with van der Waals surface area (Å²) < 4.78 is 32.8. The van der Waals surface area contributed by atoms with Crippen LogP contribution in [0.2, 0.25) is 5.02 Å². The highest BCUT2D eigenvalue weighted by molar-refractivity contribution is 7.92. The van der Waals surface area contributed by atoms with Crippen molar-refractivity contribution in [3.8, 4) is 11.3 Å². The van der Waals surface area contributed by atoms with Gasteiger partial charge in [-0.15, -0.1) is 0 Å². The van der Waals surface area contributed by atoms with Crippen molar-refractivity contribution in [1.82, 2.24) is 4.98 Å². The van der Waals surface area contributed by atoms with E-state index in [-0.39, 0.29) is 4.90 Å². The normalized spacial score (nSPS) is 11.5. The molecule has 5 nitrogen and oxygen atoms in total. The van der Waals surface area contributed by atoms with Crippen LogP contribution in [-0.4, -0.2) is 13.4 Å². The van der Waals surface area contributed by atoms with E-state index in [1.54, 1.807) is 44.2 Å². The number of aryl methyl sites for hydroxylation is 1. The van der Waals surface area contributed by atoms with Crippen LogP contribution in [0, 0.1) is 13.8 Å². The average molecular weight is 363 g/mol. The van der Waals surface area contributed by atoms with Gasteiger partial charge in [0.05, 0.1) is 10.6 Å². The minimum absolute atomic E-state index is 0.158. The Balaban J connectivity index is 1.88. The van der Waals surface area contributed by atoms with Gasteiger partial charge in [-0.25, -0.2) is 13.4 Å². The topological polar surface area (TPSA) is 72.2 Å². The van der Waals surface area contributed by atoms with Crippen molar-refractivity contribution in [2.45, 2.75) is 18.7 Å². The van der Waals surface area contributed by atoms with Crippen LogP contribution in [0.25, 0.3) is 11.3 Å². The van der Waals surface area contributed by atoms with E-state index in [1.165, 1.54) is 18.4 Å². The van der Waals surface area contributed by atoms with Gasteiger partial charge in [-0.3, -0.25) is 4.72 Å². The minimum atomic E-state index is -3.70. The lowest BCUT2D eigenvalue weighted by molar-refractivity contribution is 0.521. The number of aromatic nitrogens is 1. The summed E-state index contributed by atoms with van der Waals surface area (Å²) in [5.74, 6) is 0.555. The molecular weight excluding hydrogens is 348 g/mol. The van der Waals surface area contributed by atoms with Gasteiger partial charge in [-0.2, -0.15) is 0 Å². The van der Waals surface area contributed by atoms with E-state index in [2.05, 4.69) is 9.71 Å². The Kier molecular flexibility index (Phi) is 4.34. The molecule has 0 bridgehead atoms. The predicted octanol–water partition coefficient (Wildman–Crippen LogP) is 4.41. The van der Waals surface area contributed by atoms with Crippen molar-refractivity contribution < 1.29 is 12.8 Å². The Morgan fingerprint density at radius 2 is 1.79 bits per heavy atom. The van der Waals surface area contributed by atoms with Crippen molar-refractivity contribution in [1.29, 1.82) is 0 Å². The van der Waals surface area contributed by atoms with Gasteiger partial charge >= 0.3 is 0 Å². The molecular formula is C17H15ClN2O3S. The first kappa shape index (κ1) is 16.5. The number of benzene rings is 2. The number of nitrogens with zero attached hydrogens (tertiary/aromatic N) is 1. The Labute approximate surface area is 145 Å². The molecule has 0 fully saturated rings. The third-order valence-electron chi connectivity index (χ3n) is 3.59. The molecule has 1 N–H and O–H groups in total. The molecule has 124 valence electrons. The van der Waals surface area contributed by atoms with E-state index in [4.69, 9.17) is 16.0 Å². The lowest BCUT2D eigenvalue weighted by Crippen LogP contribution is -2.13. The van der Waals surface area contributed by atoms with Gasteiger partial charge in [0.1, 0.15) is 12.0 Å². The van der Waals surface area contributed by atoms with Crippen molar-refractivity contribution in [3.05, 3.63) is 65.2 Å². The highest BCUT2D eigenvalue weighted by Gasteiger charge is 2.16. The van der Waals surface area contributed by atoms with E-state index in [9.17, 15) is 8.42 Å². The monoisotopic (exact) mass is 362 g/mol. The zero-order valence-corrected chi connectivity index (χ0v) is 14.6. The van der Waals surface area contributed by atoms with Crippen molar-refractivity contribution in [2.75, 3.05) is 4.72 Å². The Bertz CT molecular complexity index is 979. The second-order valence-corrected chi connectivity index (χ2v) is 7.38. The maximum absolute atomic E-state index is 12.5. The fraction of sp³-hybridized carbons (Fsp3) is 0.118. The van der Waals surface area contributed by atoms with Gasteiger partial charge in [0.2, 0.25) is 0 Å². The van der Waals surface area contributed by atoms with Crippen molar-refractivity contribution >= 4 is 27.3 Å². The SMILES string of the molecule is Cc1nc(-c2ccc(S(=O)(=O)Nc3cccc(Cl)c3C)cc2)co1.